The smallest absolute Gasteiger partial charge is 0.0702 e. The molecule has 0 radical (unpaired) electrons. The predicted molar refractivity (Wildman–Crippen MR) is 71.2 cm³/mol. The zero-order valence-corrected chi connectivity index (χ0v) is 11.7. The van der Waals surface area contributed by atoms with Crippen LogP contribution in [-0.2, 0) is 4.74 Å². The Morgan fingerprint density at radius 3 is 2.82 bits per heavy atom. The maximum Gasteiger partial charge on any atom is 0.0702 e. The lowest BCUT2D eigenvalue weighted by atomic mass is 9.76. The fraction of sp³-hybridized carbons (Fsp3) is 1.00. The van der Waals surface area contributed by atoms with Crippen LogP contribution < -0.4 is 5.32 Å². The van der Waals surface area contributed by atoms with Gasteiger partial charge in [-0.15, -0.1) is 0 Å². The minimum absolute atomic E-state index is 0.480. The van der Waals surface area contributed by atoms with Gasteiger partial charge in [-0.05, 0) is 44.2 Å². The second kappa shape index (κ2) is 5.68. The van der Waals surface area contributed by atoms with Crippen LogP contribution in [0, 0.1) is 11.3 Å². The van der Waals surface area contributed by atoms with Crippen molar-refractivity contribution < 1.29 is 4.74 Å². The first-order valence-electron chi connectivity index (χ1n) is 7.13. The van der Waals surface area contributed by atoms with Gasteiger partial charge in [0, 0.05) is 26.2 Å². The van der Waals surface area contributed by atoms with E-state index in [0.717, 1.165) is 19.1 Å². The van der Waals surface area contributed by atoms with Crippen LogP contribution in [0.2, 0.25) is 0 Å². The molecule has 2 rings (SSSR count). The molecule has 0 saturated carbocycles. The van der Waals surface area contributed by atoms with Crippen LogP contribution in [0.1, 0.15) is 33.1 Å². The molecule has 2 unspecified atom stereocenters. The molecule has 0 spiro atoms. The van der Waals surface area contributed by atoms with Crippen molar-refractivity contribution in [1.29, 1.82) is 0 Å². The molecule has 0 aliphatic carbocycles. The van der Waals surface area contributed by atoms with Crippen LogP contribution in [0.3, 0.4) is 0 Å². The lowest BCUT2D eigenvalue weighted by molar-refractivity contribution is 0.0577. The molecule has 2 saturated heterocycles. The molecule has 2 aliphatic rings. The van der Waals surface area contributed by atoms with Gasteiger partial charge in [0.1, 0.15) is 0 Å². The van der Waals surface area contributed by atoms with Gasteiger partial charge >= 0.3 is 0 Å². The van der Waals surface area contributed by atoms with E-state index in [2.05, 4.69) is 31.1 Å². The third-order valence-corrected chi connectivity index (χ3v) is 4.63. The Bertz CT molecular complexity index is 230. The second-order valence-corrected chi connectivity index (χ2v) is 6.28. The van der Waals surface area contributed by atoms with Crippen LogP contribution >= 0.6 is 0 Å². The van der Waals surface area contributed by atoms with Gasteiger partial charge in [-0.1, -0.05) is 13.8 Å². The zero-order chi connectivity index (χ0) is 12.3. The average Bonchev–Trinajstić information content (AvgIpc) is 2.89. The molecule has 3 nitrogen and oxygen atoms in total. The van der Waals surface area contributed by atoms with Gasteiger partial charge < -0.3 is 15.0 Å². The summed E-state index contributed by atoms with van der Waals surface area (Å²) in [4.78, 5) is 2.49. The van der Waals surface area contributed by atoms with E-state index in [1.165, 1.54) is 38.9 Å². The molecule has 2 heterocycles. The standard InChI is InChI=1S/C14H28N2O/c1-12(2)14(6-7-15-10-14)11-16(3)9-13-5-4-8-17-13/h12-13,15H,4-11H2,1-3H3. The van der Waals surface area contributed by atoms with Crippen molar-refractivity contribution in [3.05, 3.63) is 0 Å². The lowest BCUT2D eigenvalue weighted by Crippen LogP contribution is -2.43. The fourth-order valence-corrected chi connectivity index (χ4v) is 3.31. The molecule has 1 N–H and O–H groups in total. The van der Waals surface area contributed by atoms with E-state index in [9.17, 15) is 0 Å². The summed E-state index contributed by atoms with van der Waals surface area (Å²) in [5.41, 5.74) is 0.480. The Labute approximate surface area is 106 Å². The molecule has 2 atom stereocenters. The molecule has 2 aliphatic heterocycles. The minimum atomic E-state index is 0.480. The van der Waals surface area contributed by atoms with E-state index in [-0.39, 0.29) is 0 Å². The molecular formula is C14H28N2O. The van der Waals surface area contributed by atoms with Crippen molar-refractivity contribution >= 4 is 0 Å². The monoisotopic (exact) mass is 240 g/mol. The first-order chi connectivity index (χ1) is 8.12. The van der Waals surface area contributed by atoms with Crippen molar-refractivity contribution in [3.63, 3.8) is 0 Å². The van der Waals surface area contributed by atoms with Crippen LogP contribution in [0.5, 0.6) is 0 Å². The predicted octanol–water partition coefficient (Wildman–Crippen LogP) is 1.73. The molecule has 0 aromatic heterocycles. The molecule has 3 heteroatoms. The Hall–Kier alpha value is -0.120. The van der Waals surface area contributed by atoms with Gasteiger partial charge in [-0.2, -0.15) is 0 Å². The van der Waals surface area contributed by atoms with Gasteiger partial charge in [0.2, 0.25) is 0 Å². The maximum atomic E-state index is 5.72. The highest BCUT2D eigenvalue weighted by Gasteiger charge is 2.38. The molecule has 0 amide bonds. The zero-order valence-electron chi connectivity index (χ0n) is 11.7. The third kappa shape index (κ3) is 3.21. The van der Waals surface area contributed by atoms with E-state index in [0.29, 0.717) is 11.5 Å². The number of nitrogens with zero attached hydrogens (tertiary/aromatic N) is 1. The Morgan fingerprint density at radius 1 is 1.47 bits per heavy atom. The van der Waals surface area contributed by atoms with E-state index in [1.807, 2.05) is 0 Å². The summed E-state index contributed by atoms with van der Waals surface area (Å²) in [5.74, 6) is 0.754. The highest BCUT2D eigenvalue weighted by Crippen LogP contribution is 2.34. The maximum absolute atomic E-state index is 5.72. The Morgan fingerprint density at radius 2 is 2.29 bits per heavy atom. The van der Waals surface area contributed by atoms with Crippen LogP contribution in [0.15, 0.2) is 0 Å². The fourth-order valence-electron chi connectivity index (χ4n) is 3.31. The minimum Gasteiger partial charge on any atom is -0.377 e. The third-order valence-electron chi connectivity index (χ3n) is 4.63. The highest BCUT2D eigenvalue weighted by atomic mass is 16.5. The van der Waals surface area contributed by atoms with Gasteiger partial charge in [0.15, 0.2) is 0 Å². The number of hydrogen-bond acceptors (Lipinski definition) is 3. The summed E-state index contributed by atoms with van der Waals surface area (Å²) in [5, 5.41) is 3.54. The summed E-state index contributed by atoms with van der Waals surface area (Å²) in [6, 6.07) is 0. The van der Waals surface area contributed by atoms with Crippen LogP contribution in [0.25, 0.3) is 0 Å². The normalized spacial score (nSPS) is 34.1. The van der Waals surface area contributed by atoms with Crippen molar-refractivity contribution in [2.75, 3.05) is 39.8 Å². The SMILES string of the molecule is CC(C)C1(CN(C)CC2CCCO2)CCNC1. The Balaban J connectivity index is 1.84. The summed E-state index contributed by atoms with van der Waals surface area (Å²) in [6.45, 7) is 10.4. The van der Waals surface area contributed by atoms with Crippen molar-refractivity contribution in [3.8, 4) is 0 Å². The number of rotatable bonds is 5. The first-order valence-corrected chi connectivity index (χ1v) is 7.13. The molecule has 17 heavy (non-hydrogen) atoms. The van der Waals surface area contributed by atoms with Gasteiger partial charge in [-0.3, -0.25) is 0 Å². The number of hydrogen-bond donors (Lipinski definition) is 1. The van der Waals surface area contributed by atoms with E-state index >= 15 is 0 Å². The number of nitrogens with one attached hydrogen (secondary N) is 1. The van der Waals surface area contributed by atoms with Crippen LogP contribution in [0.4, 0.5) is 0 Å². The topological polar surface area (TPSA) is 24.5 Å². The van der Waals surface area contributed by atoms with Crippen molar-refractivity contribution in [1.82, 2.24) is 10.2 Å². The van der Waals surface area contributed by atoms with E-state index < -0.39 is 0 Å². The average molecular weight is 240 g/mol. The van der Waals surface area contributed by atoms with Crippen molar-refractivity contribution in [2.45, 2.75) is 39.2 Å². The molecule has 0 bridgehead atoms. The highest BCUT2D eigenvalue weighted by molar-refractivity contribution is 4.92. The first kappa shape index (κ1) is 13.3. The second-order valence-electron chi connectivity index (χ2n) is 6.28. The lowest BCUT2D eigenvalue weighted by Gasteiger charge is -2.37. The summed E-state index contributed by atoms with van der Waals surface area (Å²) in [7, 11) is 2.25. The quantitative estimate of drug-likeness (QED) is 0.792. The largest absolute Gasteiger partial charge is 0.377 e. The van der Waals surface area contributed by atoms with Gasteiger partial charge in [0.05, 0.1) is 6.10 Å². The van der Waals surface area contributed by atoms with Gasteiger partial charge in [-0.25, -0.2) is 0 Å². The number of ether oxygens (including phenoxy) is 1. The van der Waals surface area contributed by atoms with E-state index in [1.54, 1.807) is 0 Å². The van der Waals surface area contributed by atoms with E-state index in [4.69, 9.17) is 4.74 Å². The summed E-state index contributed by atoms with van der Waals surface area (Å²) < 4.78 is 5.72. The van der Waals surface area contributed by atoms with Gasteiger partial charge in [0.25, 0.3) is 0 Å². The molecule has 100 valence electrons. The molecular weight excluding hydrogens is 212 g/mol. The molecule has 0 aromatic rings. The Kier molecular flexibility index (Phi) is 4.45. The van der Waals surface area contributed by atoms with Crippen molar-refractivity contribution in [2.24, 2.45) is 11.3 Å². The molecule has 2 fully saturated rings. The number of likely N-dealkylation sites (N-methyl/N-ethyl adjacent to an activating group) is 1. The summed E-state index contributed by atoms with van der Waals surface area (Å²) >= 11 is 0. The summed E-state index contributed by atoms with van der Waals surface area (Å²) in [6.07, 6.45) is 4.30. The molecule has 0 aromatic carbocycles. The van der Waals surface area contributed by atoms with Crippen LogP contribution in [-0.4, -0.2) is 50.8 Å².